The number of carbonyl (C=O) groups is 2. The highest BCUT2D eigenvalue weighted by Crippen LogP contribution is 2.40. The summed E-state index contributed by atoms with van der Waals surface area (Å²) in [6, 6.07) is 3.26. The van der Waals surface area contributed by atoms with Gasteiger partial charge in [-0.3, -0.25) is 10.2 Å². The van der Waals surface area contributed by atoms with Gasteiger partial charge in [0.05, 0.1) is 18.0 Å². The Kier molecular flexibility index (Phi) is 8.89. The first-order valence-electron chi connectivity index (χ1n) is 10.8. The molecule has 1 amide bonds. The molecule has 184 valence electrons. The van der Waals surface area contributed by atoms with Crippen LogP contribution < -0.4 is 5.32 Å². The van der Waals surface area contributed by atoms with Crippen LogP contribution in [0.2, 0.25) is 0 Å². The number of ether oxygens (including phenoxy) is 3. The molecule has 1 aromatic rings. The van der Waals surface area contributed by atoms with E-state index < -0.39 is 42.1 Å². The average molecular weight is 467 g/mol. The van der Waals surface area contributed by atoms with Gasteiger partial charge in [0.15, 0.2) is 17.5 Å². The van der Waals surface area contributed by atoms with Crippen LogP contribution in [0.5, 0.6) is 0 Å². The van der Waals surface area contributed by atoms with E-state index in [1.165, 1.54) is 21.0 Å². The number of nitrogens with one attached hydrogen (secondary N) is 3. The molecule has 0 spiro atoms. The van der Waals surface area contributed by atoms with Gasteiger partial charge in [0.25, 0.3) is 0 Å². The molecule has 5 N–H and O–H groups in total. The van der Waals surface area contributed by atoms with Gasteiger partial charge in [-0.25, -0.2) is 9.79 Å². The van der Waals surface area contributed by atoms with E-state index in [4.69, 9.17) is 19.6 Å². The highest BCUT2D eigenvalue weighted by Gasteiger charge is 2.55. The monoisotopic (exact) mass is 466 g/mol. The largest absolute Gasteiger partial charge is 0.454 e. The van der Waals surface area contributed by atoms with E-state index in [2.05, 4.69) is 15.3 Å². The van der Waals surface area contributed by atoms with E-state index in [0.29, 0.717) is 17.8 Å². The third kappa shape index (κ3) is 5.85. The van der Waals surface area contributed by atoms with E-state index >= 15 is 0 Å². The van der Waals surface area contributed by atoms with E-state index in [0.717, 1.165) is 19.2 Å². The summed E-state index contributed by atoms with van der Waals surface area (Å²) < 4.78 is 16.5. The maximum absolute atomic E-state index is 12.5. The molecule has 11 heteroatoms. The van der Waals surface area contributed by atoms with E-state index in [1.807, 2.05) is 6.92 Å². The minimum absolute atomic E-state index is 0.150. The predicted octanol–water partition coefficient (Wildman–Crippen LogP) is 0.979. The van der Waals surface area contributed by atoms with Crippen LogP contribution in [-0.2, 0) is 29.4 Å². The van der Waals surface area contributed by atoms with Crippen molar-refractivity contribution in [3.8, 4) is 0 Å². The highest BCUT2D eigenvalue weighted by atomic mass is 16.6. The van der Waals surface area contributed by atoms with Gasteiger partial charge in [0.2, 0.25) is 5.91 Å². The first-order chi connectivity index (χ1) is 15.5. The van der Waals surface area contributed by atoms with Crippen LogP contribution in [0.25, 0.3) is 0 Å². The Morgan fingerprint density at radius 2 is 2.12 bits per heavy atom. The Morgan fingerprint density at radius 3 is 2.70 bits per heavy atom. The fraction of sp³-hybridized carbons (Fsp3) is 0.636. The Hall–Kier alpha value is -2.60. The van der Waals surface area contributed by atoms with E-state index in [-0.39, 0.29) is 11.7 Å². The first-order valence-corrected chi connectivity index (χ1v) is 10.8. The molecule has 0 aliphatic carbocycles. The van der Waals surface area contributed by atoms with Crippen LogP contribution in [0.3, 0.4) is 0 Å². The topological polar surface area (TPSA) is 166 Å². The van der Waals surface area contributed by atoms with Gasteiger partial charge in [0.1, 0.15) is 24.1 Å². The smallest absolute Gasteiger partial charge is 0.338 e. The predicted molar refractivity (Wildman–Crippen MR) is 120 cm³/mol. The number of aromatic nitrogens is 1. The number of unbranched alkanes of at least 4 members (excludes halogenated alkanes) is 1. The molecule has 0 radical (unpaired) electrons. The van der Waals surface area contributed by atoms with Crippen LogP contribution in [-0.4, -0.2) is 76.9 Å². The minimum atomic E-state index is -1.37. The molecule has 0 bridgehead atoms. The van der Waals surface area contributed by atoms with Gasteiger partial charge < -0.3 is 34.7 Å². The average Bonchev–Trinajstić information content (AvgIpc) is 3.37. The number of hydrogen-bond acceptors (Lipinski definition) is 8. The van der Waals surface area contributed by atoms with Crippen molar-refractivity contribution in [1.82, 2.24) is 10.3 Å². The fourth-order valence-corrected chi connectivity index (χ4v) is 3.41. The number of esters is 1. The number of aromatic amines is 1. The number of rotatable bonds is 10. The zero-order chi connectivity index (χ0) is 24.8. The number of nitrogens with zero attached hydrogens (tertiary/aromatic N) is 1. The van der Waals surface area contributed by atoms with Gasteiger partial charge in [-0.1, -0.05) is 13.3 Å². The summed E-state index contributed by atoms with van der Waals surface area (Å²) in [6.07, 6.45) is -0.712. The van der Waals surface area contributed by atoms with Gasteiger partial charge in [-0.05, 0) is 39.3 Å². The lowest BCUT2D eigenvalue weighted by molar-refractivity contribution is -0.177. The summed E-state index contributed by atoms with van der Waals surface area (Å²) in [7, 11) is 1.37. The van der Waals surface area contributed by atoms with Gasteiger partial charge in [-0.2, -0.15) is 0 Å². The Labute approximate surface area is 193 Å². The molecular weight excluding hydrogens is 432 g/mol. The lowest BCUT2D eigenvalue weighted by Crippen LogP contribution is -2.46. The lowest BCUT2D eigenvalue weighted by Gasteiger charge is -2.28. The second-order valence-electron chi connectivity index (χ2n) is 8.52. The second-order valence-corrected chi connectivity index (χ2v) is 8.52. The van der Waals surface area contributed by atoms with E-state index in [9.17, 15) is 19.8 Å². The number of H-pyrrole nitrogens is 1. The Bertz CT molecular complexity index is 882. The summed E-state index contributed by atoms with van der Waals surface area (Å²) in [5.41, 5.74) is -1.80. The van der Waals surface area contributed by atoms with Crippen LogP contribution in [0, 0.1) is 5.41 Å². The maximum atomic E-state index is 12.5. The van der Waals surface area contributed by atoms with Gasteiger partial charge in [0, 0.05) is 13.5 Å². The van der Waals surface area contributed by atoms with Crippen molar-refractivity contribution in [3.05, 3.63) is 23.5 Å². The summed E-state index contributed by atoms with van der Waals surface area (Å²) in [5.74, 6) is -0.787. The summed E-state index contributed by atoms with van der Waals surface area (Å²) >= 11 is 0. The minimum Gasteiger partial charge on any atom is -0.454 e. The zero-order valence-corrected chi connectivity index (χ0v) is 19.7. The molecule has 0 unspecified atom stereocenters. The van der Waals surface area contributed by atoms with Crippen molar-refractivity contribution in [1.29, 1.82) is 5.41 Å². The number of aliphatic hydroxyl groups excluding tert-OH is 2. The number of hydrogen-bond donors (Lipinski definition) is 5. The number of amidine groups is 1. The Morgan fingerprint density at radius 1 is 1.42 bits per heavy atom. The zero-order valence-electron chi connectivity index (χ0n) is 19.7. The quantitative estimate of drug-likeness (QED) is 0.195. The molecule has 2 rings (SSSR count). The van der Waals surface area contributed by atoms with Crippen molar-refractivity contribution in [3.63, 3.8) is 0 Å². The van der Waals surface area contributed by atoms with Crippen LogP contribution in [0.1, 0.15) is 58.3 Å². The Balaban J connectivity index is 2.27. The summed E-state index contributed by atoms with van der Waals surface area (Å²) in [6.45, 7) is 6.14. The summed E-state index contributed by atoms with van der Waals surface area (Å²) in [5, 5.41) is 30.8. The molecule has 1 aromatic heterocycles. The number of methoxy groups -OCH3 is 1. The molecule has 33 heavy (non-hydrogen) atoms. The summed E-state index contributed by atoms with van der Waals surface area (Å²) in [4.78, 5) is 31.6. The molecule has 1 aliphatic heterocycles. The highest BCUT2D eigenvalue weighted by molar-refractivity contribution is 6.09. The molecular formula is C22H34N4O7. The number of aliphatic imine (C=N–C) groups is 1. The fourth-order valence-electron chi connectivity index (χ4n) is 3.41. The van der Waals surface area contributed by atoms with Crippen LogP contribution >= 0.6 is 0 Å². The SMILES string of the molecule is CCCCC(=O)N/C(=N/C=N)c1ccc([C@]2(C)O[C@H](CO)[C@@H](OC(=O)C(C)(C)OC)[C@H]2O)[nH]1. The van der Waals surface area contributed by atoms with Crippen molar-refractivity contribution < 1.29 is 34.0 Å². The van der Waals surface area contributed by atoms with Crippen molar-refractivity contribution >= 4 is 24.1 Å². The normalized spacial score (nSPS) is 25.7. The lowest BCUT2D eigenvalue weighted by atomic mass is 9.93. The molecule has 0 aromatic carbocycles. The maximum Gasteiger partial charge on any atom is 0.338 e. The molecule has 1 fully saturated rings. The van der Waals surface area contributed by atoms with Crippen LogP contribution in [0.4, 0.5) is 0 Å². The van der Waals surface area contributed by atoms with E-state index in [1.54, 1.807) is 19.1 Å². The molecule has 2 heterocycles. The van der Waals surface area contributed by atoms with Gasteiger partial charge in [-0.15, -0.1) is 0 Å². The van der Waals surface area contributed by atoms with Crippen LogP contribution in [0.15, 0.2) is 17.1 Å². The molecule has 4 atom stereocenters. The molecule has 1 aliphatic rings. The first kappa shape index (κ1) is 26.7. The van der Waals surface area contributed by atoms with Crippen molar-refractivity contribution in [2.45, 2.75) is 76.5 Å². The molecule has 0 saturated carbocycles. The number of amides is 1. The molecule has 1 saturated heterocycles. The molecule has 11 nitrogen and oxygen atoms in total. The van der Waals surface area contributed by atoms with Gasteiger partial charge >= 0.3 is 5.97 Å². The van der Waals surface area contributed by atoms with Crippen molar-refractivity contribution in [2.24, 2.45) is 4.99 Å². The standard InChI is InChI=1S/C22H34N4O7/c1-6-7-8-16(28)26-19(24-12-23)13-9-10-15(25-13)22(4)18(29)17(14(11-27)33-22)32-20(30)21(2,3)31-5/h9-10,12,14,17-18,25,27,29H,6-8,11H2,1-5H3,(H2,23,24,26,28)/t14-,17-,18-,22+/m1/s1. The second kappa shape index (κ2) is 11.0. The number of aliphatic hydroxyl groups is 2. The number of carbonyl (C=O) groups excluding carboxylic acids is 2. The van der Waals surface area contributed by atoms with Crippen molar-refractivity contribution in [2.75, 3.05) is 13.7 Å². The third-order valence-electron chi connectivity index (χ3n) is 5.75. The third-order valence-corrected chi connectivity index (χ3v) is 5.75.